The normalized spacial score (nSPS) is 10.6. The molecule has 3 rings (SSSR count). The van der Waals surface area contributed by atoms with Crippen molar-refractivity contribution in [3.8, 4) is 11.4 Å². The Morgan fingerprint density at radius 2 is 1.96 bits per heavy atom. The van der Waals surface area contributed by atoms with E-state index in [1.165, 1.54) is 23.9 Å². The summed E-state index contributed by atoms with van der Waals surface area (Å²) < 4.78 is 15.0. The fourth-order valence-electron chi connectivity index (χ4n) is 2.52. The highest BCUT2D eigenvalue weighted by molar-refractivity contribution is 7.99. The lowest BCUT2D eigenvalue weighted by molar-refractivity contribution is -0.118. The first-order valence-electron chi connectivity index (χ1n) is 8.51. The largest absolute Gasteiger partial charge is 0.351 e. The van der Waals surface area contributed by atoms with Crippen molar-refractivity contribution >= 4 is 29.3 Å². The maximum Gasteiger partial charge on any atom is 0.230 e. The number of hydrogen-bond donors (Lipinski definition) is 1. The van der Waals surface area contributed by atoms with Crippen molar-refractivity contribution in [2.75, 3.05) is 5.75 Å². The predicted octanol–water partition coefficient (Wildman–Crippen LogP) is 4.33. The van der Waals surface area contributed by atoms with Crippen LogP contribution in [0.4, 0.5) is 4.39 Å². The Kier molecular flexibility index (Phi) is 6.84. The molecular formula is C20H18ClFN4OS. The quantitative estimate of drug-likeness (QED) is 0.438. The number of allylic oxidation sites excluding steroid dienone is 1. The Balaban J connectivity index is 1.65. The number of thioether (sulfide) groups is 1. The fraction of sp³-hybridized carbons (Fsp3) is 0.150. The molecule has 1 aromatic heterocycles. The van der Waals surface area contributed by atoms with Gasteiger partial charge in [0.1, 0.15) is 5.82 Å². The third-order valence-corrected chi connectivity index (χ3v) is 5.23. The second-order valence-electron chi connectivity index (χ2n) is 5.87. The summed E-state index contributed by atoms with van der Waals surface area (Å²) in [5.74, 6) is 0.326. The Morgan fingerprint density at radius 1 is 1.21 bits per heavy atom. The molecule has 1 N–H and O–H groups in total. The van der Waals surface area contributed by atoms with Gasteiger partial charge in [0.25, 0.3) is 0 Å². The molecule has 1 amide bonds. The van der Waals surface area contributed by atoms with E-state index >= 15 is 0 Å². The summed E-state index contributed by atoms with van der Waals surface area (Å²) in [6.45, 7) is 4.59. The molecule has 2 aromatic carbocycles. The van der Waals surface area contributed by atoms with E-state index < -0.39 is 0 Å². The Hall–Kier alpha value is -2.64. The Bertz CT molecular complexity index is 975. The van der Waals surface area contributed by atoms with Crippen LogP contribution < -0.4 is 5.32 Å². The number of rotatable bonds is 8. The van der Waals surface area contributed by atoms with Crippen molar-refractivity contribution in [1.82, 2.24) is 20.1 Å². The summed E-state index contributed by atoms with van der Waals surface area (Å²) in [6, 6.07) is 13.4. The second-order valence-corrected chi connectivity index (χ2v) is 7.22. The van der Waals surface area contributed by atoms with Gasteiger partial charge in [0, 0.05) is 23.7 Å². The van der Waals surface area contributed by atoms with Crippen molar-refractivity contribution in [2.24, 2.45) is 0 Å². The third kappa shape index (κ3) is 4.99. The van der Waals surface area contributed by atoms with Gasteiger partial charge in [0.05, 0.1) is 5.75 Å². The Labute approximate surface area is 171 Å². The predicted molar refractivity (Wildman–Crippen MR) is 110 cm³/mol. The molecule has 144 valence electrons. The smallest absolute Gasteiger partial charge is 0.230 e. The minimum atomic E-state index is -0.316. The molecule has 1 heterocycles. The van der Waals surface area contributed by atoms with E-state index in [0.29, 0.717) is 29.1 Å². The highest BCUT2D eigenvalue weighted by Crippen LogP contribution is 2.24. The monoisotopic (exact) mass is 416 g/mol. The summed E-state index contributed by atoms with van der Waals surface area (Å²) in [5, 5.41) is 12.4. The first-order valence-corrected chi connectivity index (χ1v) is 9.87. The minimum Gasteiger partial charge on any atom is -0.351 e. The van der Waals surface area contributed by atoms with Crippen LogP contribution in [0.3, 0.4) is 0 Å². The van der Waals surface area contributed by atoms with Crippen LogP contribution in [-0.4, -0.2) is 26.4 Å². The molecule has 28 heavy (non-hydrogen) atoms. The van der Waals surface area contributed by atoms with Gasteiger partial charge in [-0.2, -0.15) is 0 Å². The highest BCUT2D eigenvalue weighted by Gasteiger charge is 2.15. The minimum absolute atomic E-state index is 0.138. The van der Waals surface area contributed by atoms with Gasteiger partial charge in [0.2, 0.25) is 5.91 Å². The van der Waals surface area contributed by atoms with Gasteiger partial charge in [-0.3, -0.25) is 9.36 Å². The SMILES string of the molecule is C=CCn1c(SCC(=O)NCc2ccccc2Cl)nnc1-c1ccc(F)cc1. The molecule has 0 spiro atoms. The number of amides is 1. The van der Waals surface area contributed by atoms with E-state index in [1.54, 1.807) is 24.3 Å². The van der Waals surface area contributed by atoms with Crippen LogP contribution in [0.2, 0.25) is 5.02 Å². The van der Waals surface area contributed by atoms with Crippen molar-refractivity contribution in [1.29, 1.82) is 0 Å². The van der Waals surface area contributed by atoms with Crippen LogP contribution in [-0.2, 0) is 17.9 Å². The number of halogens is 2. The maximum absolute atomic E-state index is 13.2. The summed E-state index contributed by atoms with van der Waals surface area (Å²) in [5.41, 5.74) is 1.60. The van der Waals surface area contributed by atoms with Gasteiger partial charge in [-0.15, -0.1) is 16.8 Å². The zero-order valence-electron chi connectivity index (χ0n) is 14.9. The molecule has 0 bridgehead atoms. The van der Waals surface area contributed by atoms with E-state index in [9.17, 15) is 9.18 Å². The van der Waals surface area contributed by atoms with E-state index in [1.807, 2.05) is 22.8 Å². The molecule has 3 aromatic rings. The van der Waals surface area contributed by atoms with E-state index in [-0.39, 0.29) is 17.5 Å². The fourth-order valence-corrected chi connectivity index (χ4v) is 3.50. The number of carbonyl (C=O) groups is 1. The molecule has 0 aliphatic rings. The average Bonchev–Trinajstić information content (AvgIpc) is 3.09. The molecule has 5 nitrogen and oxygen atoms in total. The molecule has 0 atom stereocenters. The van der Waals surface area contributed by atoms with Crippen molar-refractivity contribution in [2.45, 2.75) is 18.2 Å². The molecule has 0 unspecified atom stereocenters. The van der Waals surface area contributed by atoms with Crippen LogP contribution in [0.5, 0.6) is 0 Å². The molecular weight excluding hydrogens is 399 g/mol. The summed E-state index contributed by atoms with van der Waals surface area (Å²) in [4.78, 5) is 12.2. The first kappa shape index (κ1) is 20.1. The van der Waals surface area contributed by atoms with Crippen LogP contribution in [0, 0.1) is 5.82 Å². The number of aromatic nitrogens is 3. The number of nitrogens with zero attached hydrogens (tertiary/aromatic N) is 3. The van der Waals surface area contributed by atoms with Gasteiger partial charge in [-0.05, 0) is 35.9 Å². The van der Waals surface area contributed by atoms with Gasteiger partial charge in [0.15, 0.2) is 11.0 Å². The summed E-state index contributed by atoms with van der Waals surface area (Å²) in [7, 11) is 0. The number of hydrogen-bond acceptors (Lipinski definition) is 4. The molecule has 0 aliphatic carbocycles. The van der Waals surface area contributed by atoms with E-state index in [0.717, 1.165) is 11.1 Å². The van der Waals surface area contributed by atoms with Gasteiger partial charge in [-0.25, -0.2) is 4.39 Å². The van der Waals surface area contributed by atoms with Crippen LogP contribution in [0.15, 0.2) is 66.3 Å². The number of carbonyl (C=O) groups excluding carboxylic acids is 1. The topological polar surface area (TPSA) is 59.8 Å². The molecule has 0 radical (unpaired) electrons. The lowest BCUT2D eigenvalue weighted by Gasteiger charge is -2.09. The van der Waals surface area contributed by atoms with Crippen molar-refractivity contribution in [3.05, 3.63) is 77.6 Å². The van der Waals surface area contributed by atoms with Crippen LogP contribution in [0.25, 0.3) is 11.4 Å². The zero-order chi connectivity index (χ0) is 19.9. The van der Waals surface area contributed by atoms with Gasteiger partial charge in [-0.1, -0.05) is 47.6 Å². The number of benzene rings is 2. The lowest BCUT2D eigenvalue weighted by atomic mass is 10.2. The third-order valence-electron chi connectivity index (χ3n) is 3.90. The maximum atomic E-state index is 13.2. The van der Waals surface area contributed by atoms with Crippen molar-refractivity contribution in [3.63, 3.8) is 0 Å². The standard InChI is InChI=1S/C20H18ClFN4OS/c1-2-11-26-19(14-7-9-16(22)10-8-14)24-25-20(26)28-13-18(27)23-12-15-5-3-4-6-17(15)21/h2-10H,1,11-13H2,(H,23,27). The molecule has 0 saturated carbocycles. The van der Waals surface area contributed by atoms with Gasteiger partial charge < -0.3 is 5.32 Å². The van der Waals surface area contributed by atoms with Gasteiger partial charge >= 0.3 is 0 Å². The zero-order valence-corrected chi connectivity index (χ0v) is 16.5. The molecule has 0 aliphatic heterocycles. The van der Waals surface area contributed by atoms with E-state index in [4.69, 9.17) is 11.6 Å². The average molecular weight is 417 g/mol. The summed E-state index contributed by atoms with van der Waals surface area (Å²) in [6.07, 6.45) is 1.72. The molecule has 8 heteroatoms. The number of nitrogens with one attached hydrogen (secondary N) is 1. The van der Waals surface area contributed by atoms with Crippen molar-refractivity contribution < 1.29 is 9.18 Å². The lowest BCUT2D eigenvalue weighted by Crippen LogP contribution is -2.24. The van der Waals surface area contributed by atoms with Crippen LogP contribution >= 0.6 is 23.4 Å². The molecule has 0 saturated heterocycles. The Morgan fingerprint density at radius 3 is 2.68 bits per heavy atom. The van der Waals surface area contributed by atoms with E-state index in [2.05, 4.69) is 22.1 Å². The first-order chi connectivity index (χ1) is 13.6. The van der Waals surface area contributed by atoms with Crippen LogP contribution in [0.1, 0.15) is 5.56 Å². The molecule has 0 fully saturated rings. The summed E-state index contributed by atoms with van der Waals surface area (Å²) >= 11 is 7.37. The second kappa shape index (κ2) is 9.52. The highest BCUT2D eigenvalue weighted by atomic mass is 35.5.